The Morgan fingerprint density at radius 1 is 1.09 bits per heavy atom. The van der Waals surface area contributed by atoms with Crippen LogP contribution in [0.15, 0.2) is 47.1 Å². The van der Waals surface area contributed by atoms with Crippen molar-refractivity contribution < 1.29 is 4.79 Å². The summed E-state index contributed by atoms with van der Waals surface area (Å²) in [5.74, 6) is 0.864. The Balaban J connectivity index is 1.66. The molecule has 0 radical (unpaired) electrons. The molecule has 0 atom stereocenters. The van der Waals surface area contributed by atoms with E-state index in [1.807, 2.05) is 24.3 Å². The van der Waals surface area contributed by atoms with E-state index in [0.29, 0.717) is 11.3 Å². The Hall–Kier alpha value is -1.88. The molecule has 1 aromatic heterocycles. The zero-order valence-electron chi connectivity index (χ0n) is 13.0. The number of benzene rings is 1. The van der Waals surface area contributed by atoms with Crippen LogP contribution in [0.4, 0.5) is 11.5 Å². The number of aromatic nitrogens is 1. The Bertz CT molecular complexity index is 664. The van der Waals surface area contributed by atoms with Crippen molar-refractivity contribution in [3.8, 4) is 0 Å². The maximum Gasteiger partial charge on any atom is 0.255 e. The molecule has 5 heteroatoms. The summed E-state index contributed by atoms with van der Waals surface area (Å²) in [6.07, 6.45) is 6.79. The molecule has 1 aromatic carbocycles. The second kappa shape index (κ2) is 7.59. The zero-order valence-corrected chi connectivity index (χ0v) is 14.6. The van der Waals surface area contributed by atoms with Crippen molar-refractivity contribution in [1.82, 2.24) is 4.98 Å². The van der Waals surface area contributed by atoms with Crippen LogP contribution >= 0.6 is 15.9 Å². The van der Waals surface area contributed by atoms with Gasteiger partial charge in [-0.15, -0.1) is 0 Å². The molecule has 0 unspecified atom stereocenters. The van der Waals surface area contributed by atoms with Crippen LogP contribution in [0.3, 0.4) is 0 Å². The van der Waals surface area contributed by atoms with E-state index in [9.17, 15) is 4.79 Å². The molecule has 0 bridgehead atoms. The normalized spacial score (nSPS) is 15.1. The second-order valence-corrected chi connectivity index (χ2v) is 6.69. The summed E-state index contributed by atoms with van der Waals surface area (Å²) < 4.78 is 0.889. The van der Waals surface area contributed by atoms with E-state index >= 15 is 0 Å². The van der Waals surface area contributed by atoms with Crippen LogP contribution in [-0.4, -0.2) is 24.0 Å². The van der Waals surface area contributed by atoms with E-state index in [-0.39, 0.29) is 5.91 Å². The standard InChI is InChI=1S/C18H20BrN3O/c19-15-7-5-6-14(12-15)18(23)21-16-8-9-17(20-13-16)22-10-3-1-2-4-11-22/h5-9,12-13H,1-4,10-11H2,(H,21,23). The van der Waals surface area contributed by atoms with Crippen molar-refractivity contribution in [3.05, 3.63) is 52.6 Å². The molecule has 1 saturated heterocycles. The van der Waals surface area contributed by atoms with Gasteiger partial charge < -0.3 is 10.2 Å². The van der Waals surface area contributed by atoms with Crippen LogP contribution in [-0.2, 0) is 0 Å². The van der Waals surface area contributed by atoms with Gasteiger partial charge in [-0.3, -0.25) is 4.79 Å². The van der Waals surface area contributed by atoms with Gasteiger partial charge in [0.05, 0.1) is 11.9 Å². The van der Waals surface area contributed by atoms with Crippen LogP contribution in [0, 0.1) is 0 Å². The average Bonchev–Trinajstić information content (AvgIpc) is 2.85. The van der Waals surface area contributed by atoms with Crippen LogP contribution in [0.1, 0.15) is 36.0 Å². The summed E-state index contributed by atoms with van der Waals surface area (Å²) in [5, 5.41) is 2.89. The van der Waals surface area contributed by atoms with Gasteiger partial charge in [-0.1, -0.05) is 34.8 Å². The van der Waals surface area contributed by atoms with Gasteiger partial charge in [0.25, 0.3) is 5.91 Å². The van der Waals surface area contributed by atoms with Gasteiger partial charge in [0.1, 0.15) is 5.82 Å². The number of carbonyl (C=O) groups is 1. The molecular formula is C18H20BrN3O. The molecule has 1 fully saturated rings. The minimum absolute atomic E-state index is 0.129. The van der Waals surface area contributed by atoms with E-state index in [1.165, 1.54) is 25.7 Å². The smallest absolute Gasteiger partial charge is 0.255 e. The fraction of sp³-hybridized carbons (Fsp3) is 0.333. The Morgan fingerprint density at radius 2 is 1.87 bits per heavy atom. The quantitative estimate of drug-likeness (QED) is 0.862. The highest BCUT2D eigenvalue weighted by molar-refractivity contribution is 9.10. The number of anilines is 2. The third kappa shape index (κ3) is 4.32. The molecule has 0 aliphatic carbocycles. The predicted molar refractivity (Wildman–Crippen MR) is 97.0 cm³/mol. The minimum Gasteiger partial charge on any atom is -0.357 e. The third-order valence-corrected chi connectivity index (χ3v) is 4.52. The van der Waals surface area contributed by atoms with Crippen LogP contribution < -0.4 is 10.2 Å². The van der Waals surface area contributed by atoms with E-state index in [2.05, 4.69) is 31.1 Å². The first-order chi connectivity index (χ1) is 11.2. The summed E-state index contributed by atoms with van der Waals surface area (Å²) in [4.78, 5) is 19.1. The topological polar surface area (TPSA) is 45.2 Å². The van der Waals surface area contributed by atoms with Crippen molar-refractivity contribution >= 4 is 33.3 Å². The van der Waals surface area contributed by atoms with Crippen LogP contribution in [0.5, 0.6) is 0 Å². The van der Waals surface area contributed by atoms with E-state index in [1.54, 1.807) is 18.3 Å². The molecule has 4 nitrogen and oxygen atoms in total. The molecule has 1 aliphatic heterocycles. The number of halogens is 1. The summed E-state index contributed by atoms with van der Waals surface area (Å²) in [6, 6.07) is 11.2. The highest BCUT2D eigenvalue weighted by Crippen LogP contribution is 2.19. The first-order valence-corrected chi connectivity index (χ1v) is 8.79. The van der Waals surface area contributed by atoms with Crippen molar-refractivity contribution in [2.75, 3.05) is 23.3 Å². The third-order valence-electron chi connectivity index (χ3n) is 4.02. The van der Waals surface area contributed by atoms with Gasteiger partial charge in [-0.25, -0.2) is 4.98 Å². The number of amides is 1. The van der Waals surface area contributed by atoms with Crippen LogP contribution in [0.25, 0.3) is 0 Å². The molecule has 0 spiro atoms. The molecule has 0 saturated carbocycles. The lowest BCUT2D eigenvalue weighted by Gasteiger charge is -2.21. The molecule has 120 valence electrons. The Labute approximate surface area is 145 Å². The average molecular weight is 374 g/mol. The lowest BCUT2D eigenvalue weighted by Crippen LogP contribution is -2.24. The summed E-state index contributed by atoms with van der Waals surface area (Å²) >= 11 is 3.38. The van der Waals surface area contributed by atoms with Crippen molar-refractivity contribution in [1.29, 1.82) is 0 Å². The highest BCUT2D eigenvalue weighted by Gasteiger charge is 2.11. The van der Waals surface area contributed by atoms with Crippen molar-refractivity contribution in [2.45, 2.75) is 25.7 Å². The maximum absolute atomic E-state index is 12.2. The molecule has 23 heavy (non-hydrogen) atoms. The van der Waals surface area contributed by atoms with E-state index in [0.717, 1.165) is 23.4 Å². The Morgan fingerprint density at radius 3 is 2.52 bits per heavy atom. The second-order valence-electron chi connectivity index (χ2n) is 5.77. The first-order valence-electron chi connectivity index (χ1n) is 8.00. The largest absolute Gasteiger partial charge is 0.357 e. The first kappa shape index (κ1) is 16.0. The van der Waals surface area contributed by atoms with Gasteiger partial charge in [-0.2, -0.15) is 0 Å². The van der Waals surface area contributed by atoms with Gasteiger partial charge in [0.15, 0.2) is 0 Å². The predicted octanol–water partition coefficient (Wildman–Crippen LogP) is 4.48. The molecule has 3 rings (SSSR count). The molecule has 2 aromatic rings. The van der Waals surface area contributed by atoms with Crippen molar-refractivity contribution in [3.63, 3.8) is 0 Å². The summed E-state index contributed by atoms with van der Waals surface area (Å²) in [7, 11) is 0. The molecule has 1 amide bonds. The monoisotopic (exact) mass is 373 g/mol. The number of nitrogens with one attached hydrogen (secondary N) is 1. The number of nitrogens with zero attached hydrogens (tertiary/aromatic N) is 2. The van der Waals surface area contributed by atoms with Gasteiger partial charge in [0, 0.05) is 23.1 Å². The summed E-state index contributed by atoms with van der Waals surface area (Å²) in [5.41, 5.74) is 1.34. The molecule has 1 N–H and O–H groups in total. The zero-order chi connectivity index (χ0) is 16.1. The Kier molecular flexibility index (Phi) is 5.28. The number of pyridine rings is 1. The van der Waals surface area contributed by atoms with E-state index in [4.69, 9.17) is 0 Å². The highest BCUT2D eigenvalue weighted by atomic mass is 79.9. The minimum atomic E-state index is -0.129. The number of rotatable bonds is 3. The fourth-order valence-electron chi connectivity index (χ4n) is 2.78. The lowest BCUT2D eigenvalue weighted by molar-refractivity contribution is 0.102. The lowest BCUT2D eigenvalue weighted by atomic mass is 10.2. The molecule has 1 aliphatic rings. The number of hydrogen-bond donors (Lipinski definition) is 1. The van der Waals surface area contributed by atoms with Crippen LogP contribution in [0.2, 0.25) is 0 Å². The number of hydrogen-bond acceptors (Lipinski definition) is 3. The molecular weight excluding hydrogens is 354 g/mol. The molecule has 2 heterocycles. The van der Waals surface area contributed by atoms with Gasteiger partial charge in [0.2, 0.25) is 0 Å². The van der Waals surface area contributed by atoms with E-state index < -0.39 is 0 Å². The SMILES string of the molecule is O=C(Nc1ccc(N2CCCCCC2)nc1)c1cccc(Br)c1. The number of carbonyl (C=O) groups excluding carboxylic acids is 1. The van der Waals surface area contributed by atoms with Gasteiger partial charge >= 0.3 is 0 Å². The fourth-order valence-corrected chi connectivity index (χ4v) is 3.18. The van der Waals surface area contributed by atoms with Gasteiger partial charge in [-0.05, 0) is 43.2 Å². The van der Waals surface area contributed by atoms with Crippen molar-refractivity contribution in [2.24, 2.45) is 0 Å². The maximum atomic E-state index is 12.2. The summed E-state index contributed by atoms with van der Waals surface area (Å²) in [6.45, 7) is 2.13.